The van der Waals surface area contributed by atoms with Gasteiger partial charge in [-0.1, -0.05) is 18.2 Å². The van der Waals surface area contributed by atoms with Gasteiger partial charge in [0.1, 0.15) is 5.75 Å². The monoisotopic (exact) mass is 406 g/mol. The van der Waals surface area contributed by atoms with Crippen molar-refractivity contribution in [1.29, 1.82) is 0 Å². The number of anilines is 2. The highest BCUT2D eigenvalue weighted by Crippen LogP contribution is 2.31. The molecular formula is C23H26N4O3. The Labute approximate surface area is 175 Å². The van der Waals surface area contributed by atoms with E-state index < -0.39 is 0 Å². The fourth-order valence-corrected chi connectivity index (χ4v) is 2.91. The number of amides is 1. The second kappa shape index (κ2) is 8.82. The van der Waals surface area contributed by atoms with Gasteiger partial charge in [-0.3, -0.25) is 9.59 Å². The van der Waals surface area contributed by atoms with E-state index >= 15 is 0 Å². The second-order valence-corrected chi connectivity index (χ2v) is 7.14. The van der Waals surface area contributed by atoms with E-state index in [9.17, 15) is 9.59 Å². The topological polar surface area (TPSA) is 76.5 Å². The Morgan fingerprint density at radius 1 is 1.17 bits per heavy atom. The van der Waals surface area contributed by atoms with Crippen molar-refractivity contribution < 1.29 is 9.53 Å². The summed E-state index contributed by atoms with van der Waals surface area (Å²) in [6, 6.07) is 12.8. The zero-order chi connectivity index (χ0) is 21.8. The van der Waals surface area contributed by atoms with Crippen molar-refractivity contribution >= 4 is 17.3 Å². The van der Waals surface area contributed by atoms with Gasteiger partial charge < -0.3 is 15.0 Å². The lowest BCUT2D eigenvalue weighted by Gasteiger charge is -2.17. The highest BCUT2D eigenvalue weighted by Gasteiger charge is 2.16. The summed E-state index contributed by atoms with van der Waals surface area (Å²) >= 11 is 0. The van der Waals surface area contributed by atoms with Crippen molar-refractivity contribution in [2.75, 3.05) is 18.9 Å². The molecule has 0 saturated carbocycles. The Balaban J connectivity index is 1.99. The van der Waals surface area contributed by atoms with Crippen LogP contribution in [-0.4, -0.2) is 34.2 Å². The minimum absolute atomic E-state index is 0.0874. The quantitative estimate of drug-likeness (QED) is 0.669. The highest BCUT2D eigenvalue weighted by atomic mass is 16.5. The summed E-state index contributed by atoms with van der Waals surface area (Å²) < 4.78 is 7.28. The Hall–Kier alpha value is -3.61. The number of hydrogen-bond acceptors (Lipinski definition) is 5. The van der Waals surface area contributed by atoms with Crippen molar-refractivity contribution in [3.63, 3.8) is 0 Å². The van der Waals surface area contributed by atoms with Crippen molar-refractivity contribution in [2.24, 2.45) is 7.05 Å². The molecule has 0 aliphatic carbocycles. The highest BCUT2D eigenvalue weighted by molar-refractivity contribution is 5.95. The van der Waals surface area contributed by atoms with E-state index in [2.05, 4.69) is 10.4 Å². The predicted octanol–water partition coefficient (Wildman–Crippen LogP) is 4.02. The Bertz CT molecular complexity index is 1140. The molecule has 7 nitrogen and oxygen atoms in total. The Morgan fingerprint density at radius 3 is 2.63 bits per heavy atom. The molecule has 3 aromatic rings. The SMILES string of the molecule is CCN(C)C(=O)c1cccc(Nc2c(Oc3cccc(C)c3C)cnn(C)c2=O)c1. The summed E-state index contributed by atoms with van der Waals surface area (Å²) in [5.41, 5.74) is 3.14. The first-order valence-electron chi connectivity index (χ1n) is 9.74. The van der Waals surface area contributed by atoms with E-state index in [1.54, 1.807) is 43.3 Å². The van der Waals surface area contributed by atoms with Crippen LogP contribution in [0.4, 0.5) is 11.4 Å². The average Bonchev–Trinajstić information content (AvgIpc) is 2.75. The van der Waals surface area contributed by atoms with Gasteiger partial charge in [0.15, 0.2) is 11.4 Å². The first-order valence-corrected chi connectivity index (χ1v) is 9.74. The van der Waals surface area contributed by atoms with Crippen molar-refractivity contribution in [3.8, 4) is 11.5 Å². The summed E-state index contributed by atoms with van der Waals surface area (Å²) in [4.78, 5) is 26.9. The van der Waals surface area contributed by atoms with Crippen LogP contribution in [0.1, 0.15) is 28.4 Å². The molecule has 0 fully saturated rings. The normalized spacial score (nSPS) is 10.6. The smallest absolute Gasteiger partial charge is 0.294 e. The van der Waals surface area contributed by atoms with Crippen LogP contribution in [-0.2, 0) is 7.05 Å². The fourth-order valence-electron chi connectivity index (χ4n) is 2.91. The first-order chi connectivity index (χ1) is 14.3. The number of hydrogen-bond donors (Lipinski definition) is 1. The molecule has 1 amide bonds. The van der Waals surface area contributed by atoms with Crippen LogP contribution in [0, 0.1) is 13.8 Å². The fraction of sp³-hybridized carbons (Fsp3) is 0.261. The molecule has 1 heterocycles. The maximum Gasteiger partial charge on any atom is 0.294 e. The van der Waals surface area contributed by atoms with Crippen molar-refractivity contribution in [3.05, 3.63) is 75.7 Å². The minimum Gasteiger partial charge on any atom is -0.453 e. The Morgan fingerprint density at radius 2 is 1.90 bits per heavy atom. The zero-order valence-electron chi connectivity index (χ0n) is 17.9. The third kappa shape index (κ3) is 4.35. The maximum atomic E-state index is 12.8. The van der Waals surface area contributed by atoms with E-state index in [-0.39, 0.29) is 17.2 Å². The third-order valence-corrected chi connectivity index (χ3v) is 5.08. The number of aromatic nitrogens is 2. The Kier molecular flexibility index (Phi) is 6.20. The summed E-state index contributed by atoms with van der Waals surface area (Å²) in [7, 11) is 3.32. The van der Waals surface area contributed by atoms with Crippen LogP contribution in [0.2, 0.25) is 0 Å². The van der Waals surface area contributed by atoms with Gasteiger partial charge in [0.05, 0.1) is 6.20 Å². The molecule has 0 bridgehead atoms. The summed E-state index contributed by atoms with van der Waals surface area (Å²) in [6.07, 6.45) is 1.51. The van der Waals surface area contributed by atoms with Crippen LogP contribution in [0.15, 0.2) is 53.5 Å². The number of ether oxygens (including phenoxy) is 1. The molecule has 0 atom stereocenters. The molecular weight excluding hydrogens is 380 g/mol. The number of carbonyl (C=O) groups excluding carboxylic acids is 1. The van der Waals surface area contributed by atoms with E-state index in [1.807, 2.05) is 39.0 Å². The molecule has 30 heavy (non-hydrogen) atoms. The van der Waals surface area contributed by atoms with Gasteiger partial charge in [0.25, 0.3) is 11.5 Å². The van der Waals surface area contributed by atoms with Crippen LogP contribution in [0.5, 0.6) is 11.5 Å². The molecule has 3 rings (SSSR count). The average molecular weight is 406 g/mol. The summed E-state index contributed by atoms with van der Waals surface area (Å²) in [5.74, 6) is 0.881. The predicted molar refractivity (Wildman–Crippen MR) is 118 cm³/mol. The number of carbonyl (C=O) groups is 1. The van der Waals surface area contributed by atoms with Gasteiger partial charge in [-0.15, -0.1) is 0 Å². The number of nitrogens with zero attached hydrogens (tertiary/aromatic N) is 3. The standard InChI is InChI=1S/C23H26N4O3/c1-6-26(4)22(28)17-10-8-11-18(13-17)25-21-20(14-24-27(5)23(21)29)30-19-12-7-9-15(2)16(19)3/h7-14,25H,6H2,1-5H3. The van der Waals surface area contributed by atoms with Gasteiger partial charge >= 0.3 is 0 Å². The summed E-state index contributed by atoms with van der Waals surface area (Å²) in [6.45, 7) is 6.48. The number of benzene rings is 2. The lowest BCUT2D eigenvalue weighted by atomic mass is 10.1. The molecule has 0 spiro atoms. The van der Waals surface area contributed by atoms with E-state index in [0.29, 0.717) is 29.3 Å². The van der Waals surface area contributed by atoms with Crippen molar-refractivity contribution in [2.45, 2.75) is 20.8 Å². The van der Waals surface area contributed by atoms with E-state index in [4.69, 9.17) is 4.74 Å². The molecule has 0 radical (unpaired) electrons. The first kappa shape index (κ1) is 21.1. The van der Waals surface area contributed by atoms with Gasteiger partial charge in [0.2, 0.25) is 0 Å². The van der Waals surface area contributed by atoms with Crippen LogP contribution in [0.3, 0.4) is 0 Å². The molecule has 0 aliphatic heterocycles. The van der Waals surface area contributed by atoms with Crippen LogP contribution in [0.25, 0.3) is 0 Å². The molecule has 1 N–H and O–H groups in total. The molecule has 0 unspecified atom stereocenters. The van der Waals surface area contributed by atoms with E-state index in [0.717, 1.165) is 11.1 Å². The lowest BCUT2D eigenvalue weighted by molar-refractivity contribution is 0.0802. The van der Waals surface area contributed by atoms with Gasteiger partial charge in [-0.05, 0) is 56.2 Å². The molecule has 0 aliphatic rings. The van der Waals surface area contributed by atoms with Crippen LogP contribution >= 0.6 is 0 Å². The maximum absolute atomic E-state index is 12.8. The largest absolute Gasteiger partial charge is 0.453 e. The molecule has 156 valence electrons. The number of aryl methyl sites for hydroxylation is 2. The van der Waals surface area contributed by atoms with Gasteiger partial charge in [-0.2, -0.15) is 5.10 Å². The minimum atomic E-state index is -0.333. The lowest BCUT2D eigenvalue weighted by Crippen LogP contribution is -2.26. The molecule has 7 heteroatoms. The summed E-state index contributed by atoms with van der Waals surface area (Å²) in [5, 5.41) is 7.21. The van der Waals surface area contributed by atoms with Gasteiger partial charge in [0, 0.05) is 31.9 Å². The zero-order valence-corrected chi connectivity index (χ0v) is 17.9. The third-order valence-electron chi connectivity index (χ3n) is 5.08. The number of rotatable bonds is 6. The molecule has 2 aromatic carbocycles. The van der Waals surface area contributed by atoms with Crippen molar-refractivity contribution in [1.82, 2.24) is 14.7 Å². The second-order valence-electron chi connectivity index (χ2n) is 7.14. The molecule has 1 aromatic heterocycles. The number of nitrogens with one attached hydrogen (secondary N) is 1. The van der Waals surface area contributed by atoms with Crippen LogP contribution < -0.4 is 15.6 Å². The van der Waals surface area contributed by atoms with E-state index in [1.165, 1.54) is 10.9 Å². The van der Waals surface area contributed by atoms with Gasteiger partial charge in [-0.25, -0.2) is 4.68 Å². The molecule has 0 saturated heterocycles.